The molecule has 1 amide bonds. The molecule has 1 fully saturated rings. The minimum atomic E-state index is -0.309. The first-order valence-electron chi connectivity index (χ1n) is 9.39. The summed E-state index contributed by atoms with van der Waals surface area (Å²) < 4.78 is 19.0. The fourth-order valence-electron chi connectivity index (χ4n) is 3.03. The van der Waals surface area contributed by atoms with Crippen LogP contribution < -0.4 is 20.9 Å². The number of furan rings is 1. The third kappa shape index (κ3) is 6.58. The van der Waals surface area contributed by atoms with Gasteiger partial charge in [-0.15, -0.1) is 24.0 Å². The standard InChI is InChI=1S/C19H25FN6O2.HI/c1-2-21-19(24-10-9-23-18(27)16-6-4-12-28-16)25-14-7-11-26(13-14)17-15(20)5-3-8-22-17;/h3-6,8,12,14H,2,7,9-11,13H2,1H3,(H,23,27)(H2,21,24,25);1H. The summed E-state index contributed by atoms with van der Waals surface area (Å²) in [4.78, 5) is 22.4. The first-order valence-corrected chi connectivity index (χ1v) is 9.39. The Labute approximate surface area is 186 Å². The predicted molar refractivity (Wildman–Crippen MR) is 120 cm³/mol. The van der Waals surface area contributed by atoms with Gasteiger partial charge >= 0.3 is 0 Å². The number of carbonyl (C=O) groups is 1. The molecule has 10 heteroatoms. The van der Waals surface area contributed by atoms with Crippen LogP contribution in [0.1, 0.15) is 23.9 Å². The summed E-state index contributed by atoms with van der Waals surface area (Å²) in [6.45, 7) is 4.90. The number of nitrogens with zero attached hydrogens (tertiary/aromatic N) is 3. The second-order valence-corrected chi connectivity index (χ2v) is 6.38. The van der Waals surface area contributed by atoms with Crippen LogP contribution in [0.3, 0.4) is 0 Å². The van der Waals surface area contributed by atoms with Crippen LogP contribution in [0.25, 0.3) is 0 Å². The number of aliphatic imine (C=N–C) groups is 1. The molecule has 0 aliphatic carbocycles. The number of aromatic nitrogens is 1. The average Bonchev–Trinajstić information content (AvgIpc) is 3.38. The quantitative estimate of drug-likeness (QED) is 0.226. The van der Waals surface area contributed by atoms with Crippen LogP contribution in [0.2, 0.25) is 0 Å². The number of rotatable bonds is 7. The Bertz CT molecular complexity index is 802. The minimum absolute atomic E-state index is 0. The lowest BCUT2D eigenvalue weighted by atomic mass is 10.3. The highest BCUT2D eigenvalue weighted by Crippen LogP contribution is 2.20. The zero-order valence-electron chi connectivity index (χ0n) is 16.2. The number of guanidine groups is 1. The maximum absolute atomic E-state index is 13.9. The van der Waals surface area contributed by atoms with Crippen LogP contribution in [0, 0.1) is 5.82 Å². The molecule has 0 bridgehead atoms. The summed E-state index contributed by atoms with van der Waals surface area (Å²) in [5, 5.41) is 9.32. The van der Waals surface area contributed by atoms with E-state index in [1.807, 2.05) is 11.8 Å². The Hall–Kier alpha value is -2.37. The zero-order chi connectivity index (χ0) is 19.8. The van der Waals surface area contributed by atoms with Gasteiger partial charge < -0.3 is 25.3 Å². The fourth-order valence-corrected chi connectivity index (χ4v) is 3.03. The minimum Gasteiger partial charge on any atom is -0.459 e. The molecular weight excluding hydrogens is 490 g/mol. The van der Waals surface area contributed by atoms with Crippen LogP contribution in [0.15, 0.2) is 46.1 Å². The van der Waals surface area contributed by atoms with Crippen molar-refractivity contribution in [3.05, 3.63) is 48.3 Å². The number of hydrogen-bond donors (Lipinski definition) is 3. The van der Waals surface area contributed by atoms with E-state index in [4.69, 9.17) is 4.42 Å². The van der Waals surface area contributed by atoms with Crippen LogP contribution in [-0.2, 0) is 0 Å². The van der Waals surface area contributed by atoms with Gasteiger partial charge in [0.2, 0.25) is 0 Å². The largest absolute Gasteiger partial charge is 0.459 e. The van der Waals surface area contributed by atoms with Crippen molar-refractivity contribution in [1.82, 2.24) is 20.9 Å². The summed E-state index contributed by atoms with van der Waals surface area (Å²) in [5.74, 6) is 0.761. The maximum Gasteiger partial charge on any atom is 0.287 e. The second-order valence-electron chi connectivity index (χ2n) is 6.38. The third-order valence-electron chi connectivity index (χ3n) is 4.32. The van der Waals surface area contributed by atoms with Crippen molar-refractivity contribution < 1.29 is 13.6 Å². The van der Waals surface area contributed by atoms with E-state index >= 15 is 0 Å². The molecule has 3 N–H and O–H groups in total. The first-order chi connectivity index (χ1) is 13.7. The number of nitrogens with one attached hydrogen (secondary N) is 3. The van der Waals surface area contributed by atoms with Gasteiger partial charge in [0.25, 0.3) is 5.91 Å². The van der Waals surface area contributed by atoms with E-state index in [9.17, 15) is 9.18 Å². The van der Waals surface area contributed by atoms with Crippen molar-refractivity contribution in [2.75, 3.05) is 37.6 Å². The molecule has 158 valence electrons. The number of pyridine rings is 1. The number of carbonyl (C=O) groups excluding carboxylic acids is 1. The summed E-state index contributed by atoms with van der Waals surface area (Å²) in [6, 6.07) is 6.43. The molecule has 2 aromatic rings. The van der Waals surface area contributed by atoms with Gasteiger partial charge in [-0.2, -0.15) is 0 Å². The van der Waals surface area contributed by atoms with Crippen molar-refractivity contribution in [1.29, 1.82) is 0 Å². The highest BCUT2D eigenvalue weighted by molar-refractivity contribution is 14.0. The molecular formula is C19H26FIN6O2. The summed E-state index contributed by atoms with van der Waals surface area (Å²) in [6.07, 6.45) is 3.92. The van der Waals surface area contributed by atoms with E-state index in [2.05, 4.69) is 25.9 Å². The third-order valence-corrected chi connectivity index (χ3v) is 4.32. The van der Waals surface area contributed by atoms with E-state index in [0.29, 0.717) is 31.4 Å². The molecule has 1 aliphatic heterocycles. The van der Waals surface area contributed by atoms with Gasteiger partial charge in [0.15, 0.2) is 23.4 Å². The number of halogens is 2. The molecule has 29 heavy (non-hydrogen) atoms. The summed E-state index contributed by atoms with van der Waals surface area (Å²) in [7, 11) is 0. The van der Waals surface area contributed by atoms with Crippen LogP contribution in [0.4, 0.5) is 10.2 Å². The number of amides is 1. The average molecular weight is 516 g/mol. The normalized spacial score (nSPS) is 16.3. The van der Waals surface area contributed by atoms with Gasteiger partial charge in [0.1, 0.15) is 0 Å². The Kier molecular flexibility index (Phi) is 9.16. The lowest BCUT2D eigenvalue weighted by molar-refractivity contribution is 0.0927. The van der Waals surface area contributed by atoms with Crippen molar-refractivity contribution >= 4 is 41.7 Å². The van der Waals surface area contributed by atoms with Crippen LogP contribution in [0.5, 0.6) is 0 Å². The number of hydrogen-bond acceptors (Lipinski definition) is 5. The Morgan fingerprint density at radius 2 is 2.24 bits per heavy atom. The molecule has 1 unspecified atom stereocenters. The Morgan fingerprint density at radius 3 is 2.97 bits per heavy atom. The highest BCUT2D eigenvalue weighted by atomic mass is 127. The zero-order valence-corrected chi connectivity index (χ0v) is 18.6. The molecule has 8 nitrogen and oxygen atoms in total. The van der Waals surface area contributed by atoms with Gasteiger partial charge in [-0.05, 0) is 37.6 Å². The molecule has 1 atom stereocenters. The molecule has 1 aliphatic rings. The second kappa shape index (κ2) is 11.6. The Morgan fingerprint density at radius 1 is 1.38 bits per heavy atom. The van der Waals surface area contributed by atoms with Gasteiger partial charge in [-0.25, -0.2) is 9.37 Å². The smallest absolute Gasteiger partial charge is 0.287 e. The van der Waals surface area contributed by atoms with Gasteiger partial charge in [-0.1, -0.05) is 0 Å². The van der Waals surface area contributed by atoms with Crippen molar-refractivity contribution in [3.63, 3.8) is 0 Å². The van der Waals surface area contributed by atoms with E-state index in [1.54, 1.807) is 24.4 Å². The number of anilines is 1. The molecule has 0 spiro atoms. The summed E-state index contributed by atoms with van der Waals surface area (Å²) in [5.41, 5.74) is 0. The van der Waals surface area contributed by atoms with E-state index in [-0.39, 0.29) is 47.5 Å². The van der Waals surface area contributed by atoms with Crippen LogP contribution >= 0.6 is 24.0 Å². The van der Waals surface area contributed by atoms with E-state index in [1.165, 1.54) is 12.3 Å². The molecule has 1 saturated heterocycles. The topological polar surface area (TPSA) is 94.8 Å². The van der Waals surface area contributed by atoms with Crippen molar-refractivity contribution in [2.45, 2.75) is 19.4 Å². The van der Waals surface area contributed by atoms with E-state index < -0.39 is 0 Å². The van der Waals surface area contributed by atoms with Crippen LogP contribution in [-0.4, -0.2) is 55.6 Å². The van der Waals surface area contributed by atoms with Crippen molar-refractivity contribution in [3.8, 4) is 0 Å². The molecule has 0 radical (unpaired) electrons. The van der Waals surface area contributed by atoms with E-state index in [0.717, 1.165) is 19.5 Å². The highest BCUT2D eigenvalue weighted by Gasteiger charge is 2.25. The molecule has 0 aromatic carbocycles. The van der Waals surface area contributed by atoms with Crippen molar-refractivity contribution in [2.24, 2.45) is 4.99 Å². The first kappa shape index (κ1) is 22.9. The fraction of sp³-hybridized carbons (Fsp3) is 0.421. The van der Waals surface area contributed by atoms with Gasteiger partial charge in [0.05, 0.1) is 12.8 Å². The van der Waals surface area contributed by atoms with Gasteiger partial charge in [-0.3, -0.25) is 9.79 Å². The molecule has 2 aromatic heterocycles. The summed E-state index contributed by atoms with van der Waals surface area (Å²) >= 11 is 0. The lowest BCUT2D eigenvalue weighted by Crippen LogP contribution is -2.45. The Balaban J connectivity index is 0.00000300. The molecule has 3 heterocycles. The maximum atomic E-state index is 13.9. The lowest BCUT2D eigenvalue weighted by Gasteiger charge is -2.20. The van der Waals surface area contributed by atoms with Gasteiger partial charge in [0, 0.05) is 38.4 Å². The molecule has 0 saturated carbocycles. The molecule has 3 rings (SSSR count). The SMILES string of the molecule is CCNC(=NCCNC(=O)c1ccco1)NC1CCN(c2ncccc2F)C1.I. The predicted octanol–water partition coefficient (Wildman–Crippen LogP) is 2.00. The monoisotopic (exact) mass is 516 g/mol.